The third kappa shape index (κ3) is 8.53. The molecule has 1 rings (SSSR count). The van der Waals surface area contributed by atoms with Gasteiger partial charge in [-0.1, -0.05) is 39.0 Å². The van der Waals surface area contributed by atoms with Crippen molar-refractivity contribution in [3.8, 4) is 0 Å². The van der Waals surface area contributed by atoms with Gasteiger partial charge in [0.1, 0.15) is 24.2 Å². The van der Waals surface area contributed by atoms with Crippen LogP contribution in [0.5, 0.6) is 0 Å². The average molecular weight is 506 g/mol. The van der Waals surface area contributed by atoms with Crippen molar-refractivity contribution in [3.63, 3.8) is 0 Å². The van der Waals surface area contributed by atoms with E-state index in [1.54, 1.807) is 20.8 Å². The number of ether oxygens (including phenoxy) is 2. The molecule has 36 heavy (non-hydrogen) atoms. The summed E-state index contributed by atoms with van der Waals surface area (Å²) in [5.41, 5.74) is 1.60. The lowest BCUT2D eigenvalue weighted by molar-refractivity contribution is -0.147. The van der Waals surface area contributed by atoms with E-state index >= 15 is 0 Å². The molecule has 3 atom stereocenters. The van der Waals surface area contributed by atoms with Crippen molar-refractivity contribution in [2.24, 2.45) is 5.92 Å². The van der Waals surface area contributed by atoms with Gasteiger partial charge in [0, 0.05) is 6.04 Å². The molecule has 0 bridgehead atoms. The Kier molecular flexibility index (Phi) is 11.4. The first-order chi connectivity index (χ1) is 16.6. The Balaban J connectivity index is 3.61. The Morgan fingerprint density at radius 3 is 2.03 bits per heavy atom. The van der Waals surface area contributed by atoms with Crippen LogP contribution in [0.3, 0.4) is 0 Å². The molecule has 1 aromatic carbocycles. The number of hydrogen-bond donors (Lipinski definition) is 2. The molecule has 0 spiro atoms. The molecule has 9 nitrogen and oxygen atoms in total. The molecule has 9 heteroatoms. The molecule has 0 aliphatic rings. The summed E-state index contributed by atoms with van der Waals surface area (Å²) in [6, 6.07) is 3.32. The summed E-state index contributed by atoms with van der Waals surface area (Å²) in [6.07, 6.45) is -0.147. The topological polar surface area (TPSA) is 114 Å². The number of benzene rings is 1. The fourth-order valence-corrected chi connectivity index (χ4v) is 3.89. The molecule has 0 saturated heterocycles. The highest BCUT2D eigenvalue weighted by Gasteiger charge is 2.40. The summed E-state index contributed by atoms with van der Waals surface area (Å²) >= 11 is 0. The zero-order valence-corrected chi connectivity index (χ0v) is 23.4. The number of rotatable bonds is 10. The lowest BCUT2D eigenvalue weighted by Crippen LogP contribution is -2.57. The predicted molar refractivity (Wildman–Crippen MR) is 138 cm³/mol. The number of esters is 1. The van der Waals surface area contributed by atoms with Gasteiger partial charge in [0.05, 0.1) is 7.11 Å². The van der Waals surface area contributed by atoms with E-state index in [9.17, 15) is 19.2 Å². The van der Waals surface area contributed by atoms with E-state index in [4.69, 9.17) is 4.74 Å². The van der Waals surface area contributed by atoms with E-state index in [0.29, 0.717) is 12.0 Å². The number of amides is 3. The van der Waals surface area contributed by atoms with Crippen molar-refractivity contribution in [1.29, 1.82) is 0 Å². The predicted octanol–water partition coefficient (Wildman–Crippen LogP) is 3.81. The Morgan fingerprint density at radius 1 is 1.03 bits per heavy atom. The monoisotopic (exact) mass is 505 g/mol. The lowest BCUT2D eigenvalue weighted by atomic mass is 9.91. The summed E-state index contributed by atoms with van der Waals surface area (Å²) in [6.45, 7) is 16.1. The molecule has 3 unspecified atom stereocenters. The Labute approximate surface area is 215 Å². The highest BCUT2D eigenvalue weighted by atomic mass is 16.6. The smallest absolute Gasteiger partial charge is 0.408 e. The van der Waals surface area contributed by atoms with E-state index in [1.807, 2.05) is 59.7 Å². The highest BCUT2D eigenvalue weighted by molar-refractivity contribution is 5.94. The van der Waals surface area contributed by atoms with E-state index in [1.165, 1.54) is 12.0 Å². The Morgan fingerprint density at radius 2 is 1.58 bits per heavy atom. The minimum Gasteiger partial charge on any atom is -0.468 e. The zero-order valence-electron chi connectivity index (χ0n) is 23.4. The zero-order chi connectivity index (χ0) is 27.8. The molecular weight excluding hydrogens is 462 g/mol. The summed E-state index contributed by atoms with van der Waals surface area (Å²) in [5.74, 6) is -1.80. The Hall–Kier alpha value is -3.10. The van der Waals surface area contributed by atoms with Crippen LogP contribution in [0.1, 0.15) is 77.6 Å². The molecule has 0 radical (unpaired) electrons. The van der Waals surface area contributed by atoms with Gasteiger partial charge in [-0.05, 0) is 70.6 Å². The van der Waals surface area contributed by atoms with Gasteiger partial charge < -0.3 is 25.0 Å². The maximum absolute atomic E-state index is 14.1. The first-order valence-electron chi connectivity index (χ1n) is 12.4. The maximum Gasteiger partial charge on any atom is 0.408 e. The van der Waals surface area contributed by atoms with Crippen LogP contribution in [0.25, 0.3) is 0 Å². The standard InChI is InChI=1S/C27H43N3O6/c1-11-19(6)30(25(33)22(16(2)3)29-26(34)36-27(7,8)9)23(24(32)28-15-20(31)35-10)21-17(4)13-12-14-18(21)5/h12-14,16,19,22-23H,11,15H2,1-10H3,(H,28,32)(H,29,34). The highest BCUT2D eigenvalue weighted by Crippen LogP contribution is 2.31. The number of hydrogen-bond acceptors (Lipinski definition) is 6. The number of nitrogens with zero attached hydrogens (tertiary/aromatic N) is 1. The average Bonchev–Trinajstić information content (AvgIpc) is 2.77. The van der Waals surface area contributed by atoms with Crippen molar-refractivity contribution < 1.29 is 28.7 Å². The minimum atomic E-state index is -1.03. The number of methoxy groups -OCH3 is 1. The summed E-state index contributed by atoms with van der Waals surface area (Å²) < 4.78 is 10.1. The number of nitrogens with one attached hydrogen (secondary N) is 2. The first-order valence-corrected chi connectivity index (χ1v) is 12.4. The van der Waals surface area contributed by atoms with E-state index in [2.05, 4.69) is 15.4 Å². The van der Waals surface area contributed by atoms with Crippen molar-refractivity contribution in [3.05, 3.63) is 34.9 Å². The normalized spacial score (nSPS) is 13.9. The van der Waals surface area contributed by atoms with Crippen LogP contribution < -0.4 is 10.6 Å². The van der Waals surface area contributed by atoms with Gasteiger partial charge in [0.2, 0.25) is 11.8 Å². The SMILES string of the molecule is CCC(C)N(C(=O)C(NC(=O)OC(C)(C)C)C(C)C)C(C(=O)NCC(=O)OC)c1c(C)cccc1C. The summed E-state index contributed by atoms with van der Waals surface area (Å²) in [4.78, 5) is 53.6. The molecule has 3 amide bonds. The third-order valence-corrected chi connectivity index (χ3v) is 5.90. The minimum absolute atomic E-state index is 0.284. The molecule has 0 aromatic heterocycles. The Bertz CT molecular complexity index is 918. The van der Waals surface area contributed by atoms with Crippen LogP contribution in [-0.4, -0.2) is 60.1 Å². The van der Waals surface area contributed by atoms with Crippen molar-refractivity contribution >= 4 is 23.9 Å². The number of aryl methyl sites for hydroxylation is 2. The second-order valence-electron chi connectivity index (χ2n) is 10.4. The van der Waals surface area contributed by atoms with Gasteiger partial charge in [-0.15, -0.1) is 0 Å². The van der Waals surface area contributed by atoms with Gasteiger partial charge in [-0.3, -0.25) is 14.4 Å². The molecule has 1 aromatic rings. The third-order valence-electron chi connectivity index (χ3n) is 5.90. The quantitative estimate of drug-likeness (QED) is 0.468. The van der Waals surface area contributed by atoms with Crippen LogP contribution in [0.15, 0.2) is 18.2 Å². The summed E-state index contributed by atoms with van der Waals surface area (Å²) in [5, 5.41) is 5.33. The van der Waals surface area contributed by atoms with Gasteiger partial charge in [-0.2, -0.15) is 0 Å². The molecule has 0 saturated carbocycles. The molecule has 0 aliphatic heterocycles. The molecule has 2 N–H and O–H groups in total. The fraction of sp³-hybridized carbons (Fsp3) is 0.630. The lowest BCUT2D eigenvalue weighted by Gasteiger charge is -2.40. The van der Waals surface area contributed by atoms with Crippen molar-refractivity contribution in [1.82, 2.24) is 15.5 Å². The maximum atomic E-state index is 14.1. The van der Waals surface area contributed by atoms with Gasteiger partial charge >= 0.3 is 12.1 Å². The van der Waals surface area contributed by atoms with Crippen LogP contribution in [-0.2, 0) is 23.9 Å². The van der Waals surface area contributed by atoms with E-state index < -0.39 is 41.6 Å². The van der Waals surface area contributed by atoms with Crippen LogP contribution in [0, 0.1) is 19.8 Å². The molecule has 0 heterocycles. The molecular formula is C27H43N3O6. The second-order valence-corrected chi connectivity index (χ2v) is 10.4. The van der Waals surface area contributed by atoms with Crippen LogP contribution in [0.4, 0.5) is 4.79 Å². The van der Waals surface area contributed by atoms with Gasteiger partial charge in [0.15, 0.2) is 0 Å². The van der Waals surface area contributed by atoms with Gasteiger partial charge in [-0.25, -0.2) is 4.79 Å². The largest absolute Gasteiger partial charge is 0.468 e. The first kappa shape index (κ1) is 30.9. The fourth-order valence-electron chi connectivity index (χ4n) is 3.89. The van der Waals surface area contributed by atoms with Crippen molar-refractivity contribution in [2.45, 2.75) is 92.5 Å². The molecule has 0 aliphatic carbocycles. The molecule has 202 valence electrons. The van der Waals surface area contributed by atoms with Gasteiger partial charge in [0.25, 0.3) is 0 Å². The summed E-state index contributed by atoms with van der Waals surface area (Å²) in [7, 11) is 1.24. The van der Waals surface area contributed by atoms with E-state index in [0.717, 1.165) is 11.1 Å². The number of alkyl carbamates (subject to hydrolysis) is 1. The second kappa shape index (κ2) is 13.3. The van der Waals surface area contributed by atoms with Crippen molar-refractivity contribution in [2.75, 3.05) is 13.7 Å². The number of carbonyl (C=O) groups is 4. The van der Waals surface area contributed by atoms with Crippen LogP contribution >= 0.6 is 0 Å². The van der Waals surface area contributed by atoms with E-state index in [-0.39, 0.29) is 18.5 Å². The number of carbonyl (C=O) groups excluding carboxylic acids is 4. The van der Waals surface area contributed by atoms with Crippen LogP contribution in [0.2, 0.25) is 0 Å². The molecule has 0 fully saturated rings.